The lowest BCUT2D eigenvalue weighted by molar-refractivity contribution is -0.172. The van der Waals surface area contributed by atoms with E-state index < -0.39 is 28.4 Å². The highest BCUT2D eigenvalue weighted by Crippen LogP contribution is 2.39. The number of esters is 1. The highest BCUT2D eigenvalue weighted by molar-refractivity contribution is 5.88. The van der Waals surface area contributed by atoms with Gasteiger partial charge in [0.05, 0.1) is 47.2 Å². The van der Waals surface area contributed by atoms with Gasteiger partial charge in [-0.15, -0.1) is 0 Å². The van der Waals surface area contributed by atoms with Crippen LogP contribution in [0.5, 0.6) is 0 Å². The molecule has 1 unspecified atom stereocenters. The second-order valence-corrected chi connectivity index (χ2v) is 8.80. The van der Waals surface area contributed by atoms with Crippen molar-refractivity contribution in [3.8, 4) is 11.3 Å². The number of cyclic esters (lactones) is 1. The summed E-state index contributed by atoms with van der Waals surface area (Å²) in [7, 11) is 0. The van der Waals surface area contributed by atoms with Crippen LogP contribution < -0.4 is 11.0 Å². The van der Waals surface area contributed by atoms with Crippen molar-refractivity contribution >= 4 is 16.9 Å². The number of carbonyl (C=O) groups excluding carboxylic acids is 1. The van der Waals surface area contributed by atoms with Gasteiger partial charge in [-0.2, -0.15) is 0 Å². The third kappa shape index (κ3) is 2.60. The summed E-state index contributed by atoms with van der Waals surface area (Å²) in [5, 5.41) is 11.2. The van der Waals surface area contributed by atoms with Crippen LogP contribution >= 0.6 is 0 Å². The quantitative estimate of drug-likeness (QED) is 0.467. The van der Waals surface area contributed by atoms with E-state index in [0.29, 0.717) is 30.1 Å². The molecule has 3 aromatic rings. The zero-order valence-corrected chi connectivity index (χ0v) is 17.9. The lowest BCUT2D eigenvalue weighted by atomic mass is 9.85. The van der Waals surface area contributed by atoms with Crippen LogP contribution in [0.25, 0.3) is 22.2 Å². The van der Waals surface area contributed by atoms with Gasteiger partial charge >= 0.3 is 5.97 Å². The van der Waals surface area contributed by atoms with Crippen LogP contribution in [0, 0.1) is 5.82 Å². The van der Waals surface area contributed by atoms with Crippen LogP contribution in [0.2, 0.25) is 0 Å². The van der Waals surface area contributed by atoms with Crippen molar-refractivity contribution in [2.24, 2.45) is 0 Å². The molecule has 0 radical (unpaired) electrons. The summed E-state index contributed by atoms with van der Waals surface area (Å²) >= 11 is 0. The Bertz CT molecular complexity index is 1480. The SMILES string of the molecule is CC[C@@]1(O)C(=O)OCc2c1cc1n(c2=O)Cc2c-1c(=O)c1cc(F)ccc1n2C1CCOC1. The number of pyridine rings is 2. The third-order valence-electron chi connectivity index (χ3n) is 7.15. The number of nitrogens with zero attached hydrogens (tertiary/aromatic N) is 2. The van der Waals surface area contributed by atoms with E-state index in [1.54, 1.807) is 19.1 Å². The summed E-state index contributed by atoms with van der Waals surface area (Å²) < 4.78 is 28.3. The first-order chi connectivity index (χ1) is 15.8. The van der Waals surface area contributed by atoms with Gasteiger partial charge in [0.1, 0.15) is 12.4 Å². The molecule has 0 saturated carbocycles. The Hall–Kier alpha value is -3.30. The van der Waals surface area contributed by atoms with Gasteiger partial charge in [-0.3, -0.25) is 9.59 Å². The maximum atomic E-state index is 14.1. The molecule has 6 rings (SSSR count). The Kier molecular flexibility index (Phi) is 4.22. The van der Waals surface area contributed by atoms with Gasteiger partial charge in [-0.1, -0.05) is 6.92 Å². The molecule has 0 spiro atoms. The third-order valence-corrected chi connectivity index (χ3v) is 7.15. The van der Waals surface area contributed by atoms with E-state index >= 15 is 0 Å². The topological polar surface area (TPSA) is 99.8 Å². The number of hydrogen-bond donors (Lipinski definition) is 1. The Morgan fingerprint density at radius 3 is 2.79 bits per heavy atom. The average Bonchev–Trinajstić information content (AvgIpc) is 3.46. The second kappa shape index (κ2) is 6.85. The molecular weight excluding hydrogens is 431 g/mol. The summed E-state index contributed by atoms with van der Waals surface area (Å²) in [5.41, 5.74) is -0.566. The lowest BCUT2D eigenvalue weighted by Crippen LogP contribution is -2.44. The predicted octanol–water partition coefficient (Wildman–Crippen LogP) is 1.95. The fourth-order valence-corrected chi connectivity index (χ4v) is 5.41. The van der Waals surface area contributed by atoms with Gasteiger partial charge in [0.15, 0.2) is 11.0 Å². The number of aromatic nitrogens is 2. The zero-order chi connectivity index (χ0) is 23.1. The zero-order valence-electron chi connectivity index (χ0n) is 17.9. The van der Waals surface area contributed by atoms with Gasteiger partial charge in [0.2, 0.25) is 0 Å². The van der Waals surface area contributed by atoms with Gasteiger partial charge < -0.3 is 23.7 Å². The summed E-state index contributed by atoms with van der Waals surface area (Å²) in [6.07, 6.45) is 0.739. The fourth-order valence-electron chi connectivity index (χ4n) is 5.41. The second-order valence-electron chi connectivity index (χ2n) is 8.80. The van der Waals surface area contributed by atoms with E-state index in [1.807, 2.05) is 4.57 Å². The first-order valence-electron chi connectivity index (χ1n) is 11.0. The number of benzene rings is 1. The Morgan fingerprint density at radius 2 is 2.06 bits per heavy atom. The van der Waals surface area contributed by atoms with Gasteiger partial charge in [-0.25, -0.2) is 9.18 Å². The Balaban J connectivity index is 1.71. The number of hydrogen-bond acceptors (Lipinski definition) is 6. The minimum atomic E-state index is -1.97. The summed E-state index contributed by atoms with van der Waals surface area (Å²) in [5.74, 6) is -1.35. The number of rotatable bonds is 2. The van der Waals surface area contributed by atoms with Crippen molar-refractivity contribution in [3.63, 3.8) is 0 Å². The molecule has 9 heteroatoms. The normalized spacial score (nSPS) is 23.4. The first-order valence-corrected chi connectivity index (χ1v) is 11.0. The summed E-state index contributed by atoms with van der Waals surface area (Å²) in [6, 6.07) is 5.60. The highest BCUT2D eigenvalue weighted by atomic mass is 19.1. The Labute approximate surface area is 186 Å². The largest absolute Gasteiger partial charge is 0.458 e. The molecule has 33 heavy (non-hydrogen) atoms. The summed E-state index contributed by atoms with van der Waals surface area (Å²) in [6.45, 7) is 2.55. The number of halogens is 1. The lowest BCUT2D eigenvalue weighted by Gasteiger charge is -2.31. The molecule has 1 saturated heterocycles. The van der Waals surface area contributed by atoms with Crippen LogP contribution in [-0.4, -0.2) is 33.4 Å². The molecule has 170 valence electrons. The molecule has 1 N–H and O–H groups in total. The molecule has 5 heterocycles. The van der Waals surface area contributed by atoms with E-state index in [1.165, 1.54) is 16.7 Å². The van der Waals surface area contributed by atoms with E-state index in [4.69, 9.17) is 9.47 Å². The molecule has 2 atom stereocenters. The van der Waals surface area contributed by atoms with E-state index in [2.05, 4.69) is 0 Å². The molecule has 3 aliphatic rings. The Morgan fingerprint density at radius 1 is 1.24 bits per heavy atom. The van der Waals surface area contributed by atoms with Crippen LogP contribution in [0.3, 0.4) is 0 Å². The fraction of sp³-hybridized carbons (Fsp3) is 0.375. The van der Waals surface area contributed by atoms with Crippen LogP contribution in [-0.2, 0) is 33.0 Å². The molecule has 3 aliphatic heterocycles. The van der Waals surface area contributed by atoms with Gasteiger partial charge in [0.25, 0.3) is 5.56 Å². The van der Waals surface area contributed by atoms with Crippen molar-refractivity contribution in [2.45, 2.75) is 44.6 Å². The van der Waals surface area contributed by atoms with Crippen LogP contribution in [0.4, 0.5) is 4.39 Å². The molecule has 0 aliphatic carbocycles. The van der Waals surface area contributed by atoms with Crippen molar-refractivity contribution in [2.75, 3.05) is 13.2 Å². The predicted molar refractivity (Wildman–Crippen MR) is 115 cm³/mol. The number of carbonyl (C=O) groups is 1. The van der Waals surface area contributed by atoms with E-state index in [-0.39, 0.29) is 47.7 Å². The minimum Gasteiger partial charge on any atom is -0.458 e. The highest BCUT2D eigenvalue weighted by Gasteiger charge is 2.45. The molecule has 0 amide bonds. The van der Waals surface area contributed by atoms with Crippen molar-refractivity contribution in [1.29, 1.82) is 0 Å². The molecule has 1 aromatic carbocycles. The van der Waals surface area contributed by atoms with Crippen LogP contribution in [0.1, 0.15) is 42.6 Å². The monoisotopic (exact) mass is 452 g/mol. The van der Waals surface area contributed by atoms with Gasteiger partial charge in [0, 0.05) is 17.6 Å². The van der Waals surface area contributed by atoms with E-state index in [9.17, 15) is 23.9 Å². The summed E-state index contributed by atoms with van der Waals surface area (Å²) in [4.78, 5) is 39.4. The molecule has 8 nitrogen and oxygen atoms in total. The van der Waals surface area contributed by atoms with E-state index in [0.717, 1.165) is 6.42 Å². The standard InChI is InChI=1S/C24H21FN2O6/c1-2-24(31)16-8-18-20-19(9-26(18)22(29)15(16)11-33-23(24)30)27(13-5-6-32-10-13)17-4-3-12(25)7-14(17)21(20)28/h3-4,7-8,13,31H,2,5-6,9-11H2,1H3/t13?,24-/m0/s1. The smallest absolute Gasteiger partial charge is 0.343 e. The number of ether oxygens (including phenoxy) is 2. The molecule has 1 fully saturated rings. The van der Waals surface area contributed by atoms with Gasteiger partial charge in [-0.05, 0) is 37.1 Å². The molecular formula is C24H21FN2O6. The minimum absolute atomic E-state index is 0.0150. The molecule has 2 aromatic heterocycles. The van der Waals surface area contributed by atoms with Crippen molar-refractivity contribution < 1.29 is 23.8 Å². The van der Waals surface area contributed by atoms with Crippen LogP contribution in [0.15, 0.2) is 33.9 Å². The number of aliphatic hydroxyl groups is 1. The average molecular weight is 452 g/mol. The maximum absolute atomic E-state index is 14.1. The van der Waals surface area contributed by atoms with Crippen molar-refractivity contribution in [3.05, 3.63) is 67.5 Å². The first kappa shape index (κ1) is 20.3. The van der Waals surface area contributed by atoms with Crippen molar-refractivity contribution in [1.82, 2.24) is 9.13 Å². The maximum Gasteiger partial charge on any atom is 0.343 e. The number of fused-ring (bicyclic) bond motifs is 5. The molecule has 0 bridgehead atoms.